The summed E-state index contributed by atoms with van der Waals surface area (Å²) < 4.78 is 6.05. The zero-order chi connectivity index (χ0) is 14.3. The highest BCUT2D eigenvalue weighted by Crippen LogP contribution is 2.22. The number of benzene rings is 1. The molecule has 1 aromatic carbocycles. The summed E-state index contributed by atoms with van der Waals surface area (Å²) in [7, 11) is 0. The van der Waals surface area contributed by atoms with Crippen molar-refractivity contribution in [2.45, 2.75) is 20.8 Å². The van der Waals surface area contributed by atoms with Crippen LogP contribution < -0.4 is 4.48 Å². The molecule has 0 amide bonds. The summed E-state index contributed by atoms with van der Waals surface area (Å²) in [6, 6.07) is 10.4. The molecule has 104 valence electrons. The smallest absolute Gasteiger partial charge is 0.333 e. The van der Waals surface area contributed by atoms with E-state index in [-0.39, 0.29) is 5.97 Å². The van der Waals surface area contributed by atoms with Gasteiger partial charge in [0.1, 0.15) is 18.8 Å². The van der Waals surface area contributed by atoms with E-state index in [0.29, 0.717) is 12.2 Å². The predicted octanol–water partition coefficient (Wildman–Crippen LogP) is 3.15. The minimum absolute atomic E-state index is 0.307. The summed E-state index contributed by atoms with van der Waals surface area (Å²) in [4.78, 5) is 11.4. The molecule has 0 aromatic heterocycles. The minimum atomic E-state index is -0.307. The molecule has 0 aliphatic heterocycles. The maximum atomic E-state index is 11.4. The molecule has 0 saturated carbocycles. The van der Waals surface area contributed by atoms with Gasteiger partial charge in [-0.2, -0.15) is 0 Å². The fourth-order valence-corrected chi connectivity index (χ4v) is 2.21. The number of quaternary nitrogens is 1. The third kappa shape index (κ3) is 3.93. The van der Waals surface area contributed by atoms with Crippen LogP contribution in [0.4, 0.5) is 5.69 Å². The summed E-state index contributed by atoms with van der Waals surface area (Å²) >= 11 is 0. The van der Waals surface area contributed by atoms with E-state index in [1.807, 2.05) is 18.2 Å². The number of esters is 1. The molecular weight excluding hydrogens is 238 g/mol. The van der Waals surface area contributed by atoms with Gasteiger partial charge < -0.3 is 4.74 Å². The van der Waals surface area contributed by atoms with Gasteiger partial charge in [0.05, 0.1) is 13.1 Å². The lowest BCUT2D eigenvalue weighted by molar-refractivity contribution is -0.139. The van der Waals surface area contributed by atoms with Crippen molar-refractivity contribution in [3.05, 3.63) is 42.5 Å². The number of hydrogen-bond donors (Lipinski definition) is 0. The Bertz CT molecular complexity index is 422. The van der Waals surface area contributed by atoms with Gasteiger partial charge in [-0.15, -0.1) is 0 Å². The van der Waals surface area contributed by atoms with Crippen molar-refractivity contribution in [1.82, 2.24) is 4.48 Å². The highest BCUT2D eigenvalue weighted by molar-refractivity contribution is 5.86. The molecule has 0 aliphatic rings. The standard InChI is InChI=1S/C16H24NO2/c1-5-17(6-2,15-10-8-7-9-11-15)12-13-19-16(18)14(3)4/h7-11H,3,5-6,12-13H2,1-2,4H3/q+1. The number of rotatable bonds is 7. The zero-order valence-electron chi connectivity index (χ0n) is 12.2. The topological polar surface area (TPSA) is 26.3 Å². The van der Waals surface area contributed by atoms with E-state index in [2.05, 4.69) is 32.6 Å². The molecule has 19 heavy (non-hydrogen) atoms. The van der Waals surface area contributed by atoms with Crippen LogP contribution in [0.3, 0.4) is 0 Å². The molecule has 3 heteroatoms. The van der Waals surface area contributed by atoms with Crippen LogP contribution in [-0.4, -0.2) is 32.2 Å². The molecular formula is C16H24NO2+. The highest BCUT2D eigenvalue weighted by atomic mass is 16.5. The van der Waals surface area contributed by atoms with Crippen LogP contribution in [0, 0.1) is 0 Å². The molecule has 3 nitrogen and oxygen atoms in total. The number of nitrogens with zero attached hydrogens (tertiary/aromatic N) is 1. The van der Waals surface area contributed by atoms with Gasteiger partial charge in [0, 0.05) is 5.57 Å². The van der Waals surface area contributed by atoms with E-state index < -0.39 is 0 Å². The Morgan fingerprint density at radius 1 is 1.21 bits per heavy atom. The third-order valence-corrected chi connectivity index (χ3v) is 3.62. The summed E-state index contributed by atoms with van der Waals surface area (Å²) in [5, 5.41) is 0. The van der Waals surface area contributed by atoms with Crippen molar-refractivity contribution in [2.24, 2.45) is 0 Å². The predicted molar refractivity (Wildman–Crippen MR) is 80.0 cm³/mol. The van der Waals surface area contributed by atoms with Crippen LogP contribution in [0.15, 0.2) is 42.5 Å². The van der Waals surface area contributed by atoms with E-state index in [0.717, 1.165) is 24.1 Å². The van der Waals surface area contributed by atoms with Crippen molar-refractivity contribution in [3.63, 3.8) is 0 Å². The monoisotopic (exact) mass is 262 g/mol. The molecule has 0 fully saturated rings. The normalized spacial score (nSPS) is 11.1. The Morgan fingerprint density at radius 3 is 2.26 bits per heavy atom. The van der Waals surface area contributed by atoms with Gasteiger partial charge in [-0.25, -0.2) is 4.79 Å². The lowest BCUT2D eigenvalue weighted by Gasteiger charge is -2.36. The van der Waals surface area contributed by atoms with Crippen molar-refractivity contribution in [3.8, 4) is 0 Å². The van der Waals surface area contributed by atoms with Gasteiger partial charge in [-0.3, -0.25) is 4.48 Å². The van der Waals surface area contributed by atoms with Gasteiger partial charge >= 0.3 is 5.97 Å². The second-order valence-electron chi connectivity index (χ2n) is 4.75. The van der Waals surface area contributed by atoms with E-state index in [1.165, 1.54) is 5.69 Å². The second kappa shape index (κ2) is 7.10. The molecule has 0 radical (unpaired) electrons. The fourth-order valence-electron chi connectivity index (χ4n) is 2.21. The summed E-state index contributed by atoms with van der Waals surface area (Å²) in [5.41, 5.74) is 1.71. The summed E-state index contributed by atoms with van der Waals surface area (Å²) in [6.45, 7) is 12.7. The summed E-state index contributed by atoms with van der Waals surface area (Å²) in [5.74, 6) is -0.307. The molecule has 0 heterocycles. The molecule has 0 aliphatic carbocycles. The van der Waals surface area contributed by atoms with Gasteiger partial charge in [0.15, 0.2) is 0 Å². The van der Waals surface area contributed by atoms with E-state index in [4.69, 9.17) is 4.74 Å². The summed E-state index contributed by atoms with van der Waals surface area (Å²) in [6.07, 6.45) is 0. The molecule has 1 aromatic rings. The number of hydrogen-bond acceptors (Lipinski definition) is 2. The van der Waals surface area contributed by atoms with Gasteiger partial charge in [0.25, 0.3) is 0 Å². The first-order chi connectivity index (χ1) is 9.05. The molecule has 0 atom stereocenters. The molecule has 1 rings (SSSR count). The minimum Gasteiger partial charge on any atom is -0.456 e. The molecule has 0 spiro atoms. The van der Waals surface area contributed by atoms with Crippen molar-refractivity contribution >= 4 is 11.7 Å². The van der Waals surface area contributed by atoms with Gasteiger partial charge in [-0.1, -0.05) is 24.8 Å². The van der Waals surface area contributed by atoms with Crippen LogP contribution in [0.2, 0.25) is 0 Å². The number of para-hydroxylation sites is 1. The average molecular weight is 262 g/mol. The Morgan fingerprint density at radius 2 is 1.79 bits per heavy atom. The largest absolute Gasteiger partial charge is 0.456 e. The maximum Gasteiger partial charge on any atom is 0.333 e. The molecule has 0 bridgehead atoms. The number of carbonyl (C=O) groups excluding carboxylic acids is 1. The van der Waals surface area contributed by atoms with Gasteiger partial charge in [0.2, 0.25) is 0 Å². The first-order valence-corrected chi connectivity index (χ1v) is 6.80. The van der Waals surface area contributed by atoms with Crippen molar-refractivity contribution < 1.29 is 9.53 Å². The quantitative estimate of drug-likeness (QED) is 0.428. The highest BCUT2D eigenvalue weighted by Gasteiger charge is 2.26. The first-order valence-electron chi connectivity index (χ1n) is 6.80. The molecule has 0 unspecified atom stereocenters. The Balaban J connectivity index is 2.73. The Kier molecular flexibility index (Phi) is 5.77. The second-order valence-corrected chi connectivity index (χ2v) is 4.75. The Labute approximate surface area is 116 Å². The third-order valence-electron chi connectivity index (χ3n) is 3.62. The fraction of sp³-hybridized carbons (Fsp3) is 0.438. The van der Waals surface area contributed by atoms with Crippen LogP contribution in [-0.2, 0) is 9.53 Å². The van der Waals surface area contributed by atoms with E-state index >= 15 is 0 Å². The number of carbonyl (C=O) groups is 1. The zero-order valence-corrected chi connectivity index (χ0v) is 12.2. The van der Waals surface area contributed by atoms with Crippen LogP contribution in [0.1, 0.15) is 20.8 Å². The SMILES string of the molecule is C=C(C)C(=O)OCC[N+](CC)(CC)c1ccccc1. The first kappa shape index (κ1) is 15.4. The van der Waals surface area contributed by atoms with Crippen LogP contribution >= 0.6 is 0 Å². The molecule has 0 N–H and O–H groups in total. The van der Waals surface area contributed by atoms with Gasteiger partial charge in [-0.05, 0) is 32.9 Å². The molecule has 0 saturated heterocycles. The number of ether oxygens (including phenoxy) is 1. The van der Waals surface area contributed by atoms with Crippen LogP contribution in [0.25, 0.3) is 0 Å². The number of likely N-dealkylation sites (N-methyl/N-ethyl adjacent to an activating group) is 1. The van der Waals surface area contributed by atoms with E-state index in [9.17, 15) is 4.79 Å². The Hall–Kier alpha value is -1.61. The van der Waals surface area contributed by atoms with Crippen molar-refractivity contribution in [2.75, 3.05) is 26.2 Å². The lowest BCUT2D eigenvalue weighted by Crippen LogP contribution is -2.51. The van der Waals surface area contributed by atoms with E-state index in [1.54, 1.807) is 6.92 Å². The van der Waals surface area contributed by atoms with Crippen molar-refractivity contribution in [1.29, 1.82) is 0 Å². The lowest BCUT2D eigenvalue weighted by atomic mass is 10.2. The maximum absolute atomic E-state index is 11.4. The average Bonchev–Trinajstić information content (AvgIpc) is 2.44. The van der Waals surface area contributed by atoms with Crippen LogP contribution in [0.5, 0.6) is 0 Å².